The number of aliphatic imine (C=N–C) groups is 1. The van der Waals surface area contributed by atoms with Crippen molar-refractivity contribution in [2.75, 3.05) is 60.0 Å². The molecule has 2 rings (SSSR count). The average Bonchev–Trinajstić information content (AvgIpc) is 2.66. The summed E-state index contributed by atoms with van der Waals surface area (Å²) < 4.78 is 5.28. The molecule has 1 heterocycles. The van der Waals surface area contributed by atoms with Crippen molar-refractivity contribution < 1.29 is 4.74 Å². The summed E-state index contributed by atoms with van der Waals surface area (Å²) in [4.78, 5) is 9.67. The van der Waals surface area contributed by atoms with Crippen molar-refractivity contribution in [1.29, 1.82) is 0 Å². The molecule has 0 amide bonds. The zero-order valence-electron chi connectivity index (χ0n) is 16.8. The van der Waals surface area contributed by atoms with E-state index in [1.807, 2.05) is 18.2 Å². The molecule has 1 atom stereocenters. The summed E-state index contributed by atoms with van der Waals surface area (Å²) in [7, 11) is 3.89. The van der Waals surface area contributed by atoms with E-state index in [4.69, 9.17) is 9.73 Å². The molecule has 1 aliphatic heterocycles. The number of hydrogen-bond donors (Lipinski definition) is 2. The molecule has 1 aromatic rings. The van der Waals surface area contributed by atoms with E-state index in [1.54, 1.807) is 7.11 Å². The Kier molecular flexibility index (Phi) is 8.71. The molecule has 1 fully saturated rings. The Morgan fingerprint density at radius 3 is 2.69 bits per heavy atom. The van der Waals surface area contributed by atoms with Gasteiger partial charge in [-0.25, -0.2) is 4.99 Å². The van der Waals surface area contributed by atoms with Crippen LogP contribution in [0.3, 0.4) is 0 Å². The second-order valence-electron chi connectivity index (χ2n) is 7.14. The fourth-order valence-electron chi connectivity index (χ4n) is 3.09. The van der Waals surface area contributed by atoms with E-state index in [9.17, 15) is 0 Å². The predicted molar refractivity (Wildman–Crippen MR) is 109 cm³/mol. The maximum absolute atomic E-state index is 5.28. The summed E-state index contributed by atoms with van der Waals surface area (Å²) >= 11 is 0. The average molecular weight is 362 g/mol. The maximum atomic E-state index is 5.28. The van der Waals surface area contributed by atoms with Crippen molar-refractivity contribution >= 4 is 5.96 Å². The lowest BCUT2D eigenvalue weighted by Gasteiger charge is -2.34. The minimum absolute atomic E-state index is 0.582. The van der Waals surface area contributed by atoms with Crippen LogP contribution in [-0.4, -0.2) is 75.7 Å². The van der Waals surface area contributed by atoms with Crippen LogP contribution in [0.15, 0.2) is 29.3 Å². The number of hydrogen-bond acceptors (Lipinski definition) is 4. The molecular formula is C20H35N5O. The molecule has 1 unspecified atom stereocenters. The van der Waals surface area contributed by atoms with Gasteiger partial charge >= 0.3 is 0 Å². The second-order valence-corrected chi connectivity index (χ2v) is 7.14. The number of piperazine rings is 1. The zero-order valence-corrected chi connectivity index (χ0v) is 16.8. The predicted octanol–water partition coefficient (Wildman–Crippen LogP) is 1.63. The first kappa shape index (κ1) is 20.5. The van der Waals surface area contributed by atoms with Crippen molar-refractivity contribution in [3.05, 3.63) is 29.8 Å². The van der Waals surface area contributed by atoms with Crippen LogP contribution in [0.4, 0.5) is 0 Å². The highest BCUT2D eigenvalue weighted by Gasteiger charge is 2.16. The molecule has 1 aliphatic rings. The van der Waals surface area contributed by atoms with Crippen LogP contribution in [0.5, 0.6) is 5.75 Å². The third-order valence-electron chi connectivity index (χ3n) is 4.68. The third-order valence-corrected chi connectivity index (χ3v) is 4.68. The van der Waals surface area contributed by atoms with Gasteiger partial charge in [0.25, 0.3) is 0 Å². The van der Waals surface area contributed by atoms with Crippen molar-refractivity contribution in [3.63, 3.8) is 0 Å². The lowest BCUT2D eigenvalue weighted by Crippen LogP contribution is -2.47. The molecule has 6 heteroatoms. The van der Waals surface area contributed by atoms with Crippen LogP contribution in [0.2, 0.25) is 0 Å². The number of nitrogens with zero attached hydrogens (tertiary/aromatic N) is 3. The van der Waals surface area contributed by atoms with Gasteiger partial charge in [-0.2, -0.15) is 0 Å². The molecule has 0 spiro atoms. The lowest BCUT2D eigenvalue weighted by molar-refractivity contribution is 0.139. The molecule has 0 bridgehead atoms. The lowest BCUT2D eigenvalue weighted by atomic mass is 10.1. The SMILES string of the molecule is CCNC(=NCc1cccc(OC)c1)NCC(C)CN1CCN(C)CC1. The molecule has 0 radical (unpaired) electrons. The molecule has 26 heavy (non-hydrogen) atoms. The van der Waals surface area contributed by atoms with Gasteiger partial charge in [-0.05, 0) is 37.6 Å². The van der Waals surface area contributed by atoms with Crippen molar-refractivity contribution in [2.45, 2.75) is 20.4 Å². The molecule has 1 aromatic carbocycles. The van der Waals surface area contributed by atoms with E-state index >= 15 is 0 Å². The Morgan fingerprint density at radius 1 is 1.23 bits per heavy atom. The van der Waals surface area contributed by atoms with E-state index < -0.39 is 0 Å². The fourth-order valence-corrected chi connectivity index (χ4v) is 3.09. The monoisotopic (exact) mass is 361 g/mol. The number of ether oxygens (including phenoxy) is 1. The Hall–Kier alpha value is -1.79. The van der Waals surface area contributed by atoms with Gasteiger partial charge in [-0.15, -0.1) is 0 Å². The van der Waals surface area contributed by atoms with Crippen LogP contribution >= 0.6 is 0 Å². The number of methoxy groups -OCH3 is 1. The van der Waals surface area contributed by atoms with E-state index in [-0.39, 0.29) is 0 Å². The van der Waals surface area contributed by atoms with Gasteiger partial charge in [0.05, 0.1) is 13.7 Å². The van der Waals surface area contributed by atoms with Crippen LogP contribution in [0.25, 0.3) is 0 Å². The Bertz CT molecular complexity index is 555. The largest absolute Gasteiger partial charge is 0.497 e. The van der Waals surface area contributed by atoms with Gasteiger partial charge in [0.1, 0.15) is 5.75 Å². The first-order valence-electron chi connectivity index (χ1n) is 9.66. The van der Waals surface area contributed by atoms with Crippen LogP contribution in [0, 0.1) is 5.92 Å². The summed E-state index contributed by atoms with van der Waals surface area (Å²) in [6.45, 7) is 12.6. The highest BCUT2D eigenvalue weighted by molar-refractivity contribution is 5.79. The minimum Gasteiger partial charge on any atom is -0.497 e. The van der Waals surface area contributed by atoms with Crippen LogP contribution < -0.4 is 15.4 Å². The summed E-state index contributed by atoms with van der Waals surface area (Å²) in [6.07, 6.45) is 0. The van der Waals surface area contributed by atoms with E-state index in [1.165, 1.54) is 26.2 Å². The summed E-state index contributed by atoms with van der Waals surface area (Å²) in [5.41, 5.74) is 1.15. The molecule has 146 valence electrons. The quantitative estimate of drug-likeness (QED) is 0.545. The summed E-state index contributed by atoms with van der Waals surface area (Å²) in [5.74, 6) is 2.33. The standard InChI is InChI=1S/C20H35N5O/c1-5-21-20(23-15-18-7-6-8-19(13-18)26-4)22-14-17(2)16-25-11-9-24(3)10-12-25/h6-8,13,17H,5,9-12,14-16H2,1-4H3,(H2,21,22,23). The molecule has 1 saturated heterocycles. The Balaban J connectivity index is 1.80. The van der Waals surface area contributed by atoms with Gasteiger partial charge in [-0.1, -0.05) is 19.1 Å². The van der Waals surface area contributed by atoms with Crippen LogP contribution in [0.1, 0.15) is 19.4 Å². The second kappa shape index (κ2) is 11.0. The first-order chi connectivity index (χ1) is 12.6. The van der Waals surface area contributed by atoms with Crippen molar-refractivity contribution in [1.82, 2.24) is 20.4 Å². The highest BCUT2D eigenvalue weighted by atomic mass is 16.5. The fraction of sp³-hybridized carbons (Fsp3) is 0.650. The maximum Gasteiger partial charge on any atom is 0.191 e. The van der Waals surface area contributed by atoms with Gasteiger partial charge in [0, 0.05) is 45.8 Å². The molecule has 0 saturated carbocycles. The smallest absolute Gasteiger partial charge is 0.191 e. The third kappa shape index (κ3) is 7.22. The molecule has 0 aliphatic carbocycles. The normalized spacial score (nSPS) is 17.8. The number of benzene rings is 1. The molecule has 2 N–H and O–H groups in total. The topological polar surface area (TPSA) is 52.1 Å². The van der Waals surface area contributed by atoms with E-state index in [0.29, 0.717) is 12.5 Å². The number of nitrogens with one attached hydrogen (secondary N) is 2. The molecule has 0 aromatic heterocycles. The first-order valence-corrected chi connectivity index (χ1v) is 9.66. The molecule has 6 nitrogen and oxygen atoms in total. The molecular weight excluding hydrogens is 326 g/mol. The van der Waals surface area contributed by atoms with Gasteiger partial charge < -0.3 is 25.2 Å². The number of guanidine groups is 1. The Morgan fingerprint density at radius 2 is 2.00 bits per heavy atom. The minimum atomic E-state index is 0.582. The van der Waals surface area contributed by atoms with Gasteiger partial charge in [-0.3, -0.25) is 0 Å². The number of likely N-dealkylation sites (N-methyl/N-ethyl adjacent to an activating group) is 1. The summed E-state index contributed by atoms with van der Waals surface area (Å²) in [5, 5.41) is 6.82. The van der Waals surface area contributed by atoms with E-state index in [0.717, 1.165) is 36.9 Å². The van der Waals surface area contributed by atoms with Crippen molar-refractivity contribution in [3.8, 4) is 5.75 Å². The van der Waals surface area contributed by atoms with Gasteiger partial charge in [0.15, 0.2) is 5.96 Å². The highest BCUT2D eigenvalue weighted by Crippen LogP contribution is 2.13. The van der Waals surface area contributed by atoms with E-state index in [2.05, 4.69) is 47.4 Å². The number of rotatable bonds is 8. The van der Waals surface area contributed by atoms with Gasteiger partial charge in [0.2, 0.25) is 0 Å². The zero-order chi connectivity index (χ0) is 18.8. The Labute approximate surface area is 158 Å². The van der Waals surface area contributed by atoms with Crippen LogP contribution in [-0.2, 0) is 6.54 Å². The summed E-state index contributed by atoms with van der Waals surface area (Å²) in [6, 6.07) is 8.06. The van der Waals surface area contributed by atoms with Crippen molar-refractivity contribution in [2.24, 2.45) is 10.9 Å².